The van der Waals surface area contributed by atoms with Gasteiger partial charge in [-0.05, 0) is 16.7 Å². The molecule has 0 spiro atoms. The average Bonchev–Trinajstić information content (AvgIpc) is 2.50. The third-order valence-corrected chi connectivity index (χ3v) is 2.97. The van der Waals surface area contributed by atoms with Crippen molar-refractivity contribution >= 4 is 12.0 Å². The van der Waals surface area contributed by atoms with Crippen LogP contribution in [0.2, 0.25) is 0 Å². The molecule has 1 heterocycles. The molecule has 1 aromatic rings. The van der Waals surface area contributed by atoms with E-state index in [2.05, 4.69) is 10.0 Å². The summed E-state index contributed by atoms with van der Waals surface area (Å²) in [5.41, 5.74) is 9.74. The third-order valence-electron chi connectivity index (χ3n) is 2.97. The molecule has 8 heteroatoms. The molecule has 0 aromatic heterocycles. The van der Waals surface area contributed by atoms with Gasteiger partial charge in [0.05, 0.1) is 6.54 Å². The van der Waals surface area contributed by atoms with Crippen LogP contribution >= 0.6 is 0 Å². The number of carbonyl (C=O) groups is 2. The van der Waals surface area contributed by atoms with Crippen molar-refractivity contribution in [3.05, 3.63) is 45.8 Å². The van der Waals surface area contributed by atoms with Gasteiger partial charge in [-0.3, -0.25) is 9.80 Å². The van der Waals surface area contributed by atoms with Crippen molar-refractivity contribution in [3.8, 4) is 0 Å². The van der Waals surface area contributed by atoms with E-state index >= 15 is 0 Å². The molecule has 0 radical (unpaired) electrons. The van der Waals surface area contributed by atoms with Gasteiger partial charge in [0.15, 0.2) is 0 Å². The van der Waals surface area contributed by atoms with Gasteiger partial charge in [0, 0.05) is 12.0 Å². The number of rotatable bonds is 1. The van der Waals surface area contributed by atoms with Gasteiger partial charge in [-0.25, -0.2) is 9.80 Å². The van der Waals surface area contributed by atoms with Gasteiger partial charge in [-0.1, -0.05) is 29.4 Å². The second kappa shape index (κ2) is 4.87. The van der Waals surface area contributed by atoms with Crippen molar-refractivity contribution in [2.45, 2.75) is 12.6 Å². The summed E-state index contributed by atoms with van der Waals surface area (Å²) in [6.45, 7) is 0.0329. The number of likely N-dealkylation sites (N-methyl/N-ethyl adjacent to an activating group) is 1. The molecule has 98 valence electrons. The number of carboxylic acid groups (broad SMARTS) is 1. The zero-order chi connectivity index (χ0) is 14.0. The molecule has 0 fully saturated rings. The van der Waals surface area contributed by atoms with Gasteiger partial charge in [-0.15, -0.1) is 0 Å². The summed E-state index contributed by atoms with van der Waals surface area (Å²) in [6, 6.07) is 5.77. The van der Waals surface area contributed by atoms with E-state index in [4.69, 9.17) is 10.6 Å². The maximum atomic E-state index is 12.2. The Morgan fingerprint density at radius 3 is 2.84 bits per heavy atom. The molecule has 1 aliphatic rings. The molecule has 2 amide bonds. The first-order valence-corrected chi connectivity index (χ1v) is 5.46. The molecular formula is C11H11N5O3. The van der Waals surface area contributed by atoms with Crippen molar-refractivity contribution in [1.29, 1.82) is 0 Å². The lowest BCUT2D eigenvalue weighted by molar-refractivity contribution is -0.144. The molecule has 2 rings (SSSR count). The predicted molar refractivity (Wildman–Crippen MR) is 64.7 cm³/mol. The lowest BCUT2D eigenvalue weighted by atomic mass is 10.0. The fourth-order valence-electron chi connectivity index (χ4n) is 2.00. The minimum absolute atomic E-state index is 0.0329. The van der Waals surface area contributed by atoms with Gasteiger partial charge in [-0.2, -0.15) is 0 Å². The summed E-state index contributed by atoms with van der Waals surface area (Å²) in [4.78, 5) is 26.0. The second-order valence-corrected chi connectivity index (χ2v) is 4.01. The molecule has 1 atom stereocenters. The van der Waals surface area contributed by atoms with E-state index in [1.165, 1.54) is 7.05 Å². The molecule has 1 aromatic carbocycles. The number of hydrazine groups is 1. The summed E-state index contributed by atoms with van der Waals surface area (Å²) in [5, 5.41) is 14.4. The van der Waals surface area contributed by atoms with Crippen LogP contribution in [0.1, 0.15) is 17.2 Å². The summed E-state index contributed by atoms with van der Waals surface area (Å²) in [7, 11) is 1.34. The van der Waals surface area contributed by atoms with E-state index in [9.17, 15) is 9.59 Å². The Balaban J connectivity index is 2.58. The standard InChI is InChI=1S/C11H11N5O3/c1-15-10(17)9(13-14-12)8-5-3-2-4-7(8)6-16(15)11(18)19/h2-5,9H,6H2,1H3,(H,18,19). The van der Waals surface area contributed by atoms with Crippen LogP contribution in [0.4, 0.5) is 4.79 Å². The number of carbonyl (C=O) groups excluding carboxylic acids is 1. The quantitative estimate of drug-likeness (QED) is 0.473. The number of benzene rings is 1. The van der Waals surface area contributed by atoms with Crippen LogP contribution < -0.4 is 0 Å². The van der Waals surface area contributed by atoms with Crippen molar-refractivity contribution in [2.75, 3.05) is 7.05 Å². The van der Waals surface area contributed by atoms with Crippen LogP contribution in [0.5, 0.6) is 0 Å². The first-order valence-electron chi connectivity index (χ1n) is 5.46. The number of fused-ring (bicyclic) bond motifs is 1. The first kappa shape index (κ1) is 12.7. The Bertz CT molecular complexity index is 581. The highest BCUT2D eigenvalue weighted by atomic mass is 16.4. The van der Waals surface area contributed by atoms with E-state index in [0.717, 1.165) is 10.0 Å². The number of nitrogens with zero attached hydrogens (tertiary/aromatic N) is 5. The highest BCUT2D eigenvalue weighted by molar-refractivity contribution is 5.86. The topological polar surface area (TPSA) is 110 Å². The van der Waals surface area contributed by atoms with Crippen LogP contribution in [0.3, 0.4) is 0 Å². The Labute approximate surface area is 108 Å². The maximum Gasteiger partial charge on any atom is 0.426 e. The summed E-state index contributed by atoms with van der Waals surface area (Å²) < 4.78 is 0. The number of azide groups is 1. The van der Waals surface area contributed by atoms with Crippen molar-refractivity contribution < 1.29 is 14.7 Å². The Morgan fingerprint density at radius 2 is 2.21 bits per heavy atom. The summed E-state index contributed by atoms with van der Waals surface area (Å²) >= 11 is 0. The smallest absolute Gasteiger partial charge is 0.426 e. The average molecular weight is 261 g/mol. The highest BCUT2D eigenvalue weighted by Crippen LogP contribution is 2.29. The first-order chi connectivity index (χ1) is 9.06. The third kappa shape index (κ3) is 2.16. The van der Waals surface area contributed by atoms with E-state index in [1.54, 1.807) is 24.3 Å². The van der Waals surface area contributed by atoms with Gasteiger partial charge in [0.25, 0.3) is 5.91 Å². The van der Waals surface area contributed by atoms with Crippen LogP contribution in [-0.2, 0) is 11.3 Å². The zero-order valence-corrected chi connectivity index (χ0v) is 10.1. The number of hydrogen-bond donors (Lipinski definition) is 1. The Morgan fingerprint density at radius 1 is 1.53 bits per heavy atom. The molecule has 1 unspecified atom stereocenters. The lowest BCUT2D eigenvalue weighted by Gasteiger charge is -2.27. The normalized spacial score (nSPS) is 18.4. The molecule has 0 saturated heterocycles. The lowest BCUT2D eigenvalue weighted by Crippen LogP contribution is -2.46. The van der Waals surface area contributed by atoms with Gasteiger partial charge in [0.1, 0.15) is 6.04 Å². The fourth-order valence-corrected chi connectivity index (χ4v) is 2.00. The second-order valence-electron chi connectivity index (χ2n) is 4.01. The number of hydrogen-bond acceptors (Lipinski definition) is 3. The van der Waals surface area contributed by atoms with Crippen LogP contribution in [0, 0.1) is 0 Å². The molecular weight excluding hydrogens is 250 g/mol. The summed E-state index contributed by atoms with van der Waals surface area (Å²) in [5.74, 6) is -0.579. The molecule has 1 N–H and O–H groups in total. The largest absolute Gasteiger partial charge is 0.464 e. The summed E-state index contributed by atoms with van der Waals surface area (Å²) in [6.07, 6.45) is -1.24. The minimum Gasteiger partial charge on any atom is -0.464 e. The molecule has 0 saturated carbocycles. The Hall–Kier alpha value is -2.73. The van der Waals surface area contributed by atoms with Crippen molar-refractivity contribution in [2.24, 2.45) is 5.11 Å². The SMILES string of the molecule is CN1C(=O)C(N=[N+]=[N-])c2ccccc2CN1C(=O)O. The molecule has 0 bridgehead atoms. The van der Waals surface area contributed by atoms with Crippen molar-refractivity contribution in [3.63, 3.8) is 0 Å². The molecule has 8 nitrogen and oxygen atoms in total. The maximum absolute atomic E-state index is 12.2. The van der Waals surface area contributed by atoms with Crippen molar-refractivity contribution in [1.82, 2.24) is 10.0 Å². The van der Waals surface area contributed by atoms with Crippen LogP contribution in [0.25, 0.3) is 10.4 Å². The van der Waals surface area contributed by atoms with E-state index in [-0.39, 0.29) is 6.54 Å². The zero-order valence-electron chi connectivity index (χ0n) is 10.1. The van der Waals surface area contributed by atoms with Crippen LogP contribution in [-0.4, -0.2) is 34.2 Å². The predicted octanol–water partition coefficient (Wildman–Crippen LogP) is 1.90. The van der Waals surface area contributed by atoms with E-state index < -0.39 is 18.0 Å². The fraction of sp³-hybridized carbons (Fsp3) is 0.273. The van der Waals surface area contributed by atoms with E-state index in [1.807, 2.05) is 0 Å². The van der Waals surface area contributed by atoms with Gasteiger partial charge >= 0.3 is 6.09 Å². The van der Waals surface area contributed by atoms with Gasteiger partial charge < -0.3 is 5.11 Å². The van der Waals surface area contributed by atoms with E-state index in [0.29, 0.717) is 11.1 Å². The van der Waals surface area contributed by atoms with Gasteiger partial charge in [0.2, 0.25) is 0 Å². The molecule has 19 heavy (non-hydrogen) atoms. The molecule has 0 aliphatic carbocycles. The van der Waals surface area contributed by atoms with Crippen LogP contribution in [0.15, 0.2) is 29.4 Å². The Kier molecular flexibility index (Phi) is 3.26. The highest BCUT2D eigenvalue weighted by Gasteiger charge is 2.34. The molecule has 1 aliphatic heterocycles. The minimum atomic E-state index is -1.24. The monoisotopic (exact) mass is 261 g/mol. The number of amides is 2.